The molecule has 1 unspecified atom stereocenters. The highest BCUT2D eigenvalue weighted by atomic mass is 79.9. The van der Waals surface area contributed by atoms with Crippen molar-refractivity contribution >= 4 is 37.8 Å². The largest absolute Gasteiger partial charge is 0.493 e. The summed E-state index contributed by atoms with van der Waals surface area (Å²) in [6.45, 7) is 6.89. The highest BCUT2D eigenvalue weighted by molar-refractivity contribution is 9.10. The van der Waals surface area contributed by atoms with Crippen LogP contribution in [0.2, 0.25) is 0 Å². The Kier molecular flexibility index (Phi) is 7.51. The van der Waals surface area contributed by atoms with E-state index in [-0.39, 0.29) is 0 Å². The van der Waals surface area contributed by atoms with Crippen molar-refractivity contribution in [3.8, 4) is 11.5 Å². The van der Waals surface area contributed by atoms with Gasteiger partial charge in [-0.3, -0.25) is 0 Å². The molecule has 2 aromatic rings. The number of hydrogen-bond acceptors (Lipinski definition) is 3. The third kappa shape index (κ3) is 5.32. The van der Waals surface area contributed by atoms with Crippen LogP contribution >= 0.6 is 31.9 Å². The molecule has 25 heavy (non-hydrogen) atoms. The Morgan fingerprint density at radius 2 is 1.80 bits per heavy atom. The molecule has 0 aliphatic carbocycles. The number of hydrogen-bond donors (Lipinski definition) is 0. The van der Waals surface area contributed by atoms with Crippen LogP contribution in [0.1, 0.15) is 55.5 Å². The number of rotatable bonds is 7. The van der Waals surface area contributed by atoms with E-state index < -0.39 is 5.97 Å². The van der Waals surface area contributed by atoms with Crippen LogP contribution in [0, 0.1) is 0 Å². The average molecular weight is 470 g/mol. The smallest absolute Gasteiger partial charge is 0.347 e. The van der Waals surface area contributed by atoms with Gasteiger partial charge in [0, 0.05) is 4.47 Å². The van der Waals surface area contributed by atoms with Crippen molar-refractivity contribution in [2.45, 2.75) is 39.5 Å². The van der Waals surface area contributed by atoms with Crippen LogP contribution < -0.4 is 9.47 Å². The first-order valence-corrected chi connectivity index (χ1v) is 9.98. The zero-order valence-electron chi connectivity index (χ0n) is 14.6. The summed E-state index contributed by atoms with van der Waals surface area (Å²) in [7, 11) is 0. The predicted molar refractivity (Wildman–Crippen MR) is 108 cm³/mol. The highest BCUT2D eigenvalue weighted by Gasteiger charge is 2.17. The fourth-order valence-electron chi connectivity index (χ4n) is 2.30. The molecule has 0 saturated carbocycles. The summed E-state index contributed by atoms with van der Waals surface area (Å²) in [5.74, 6) is 1.05. The Morgan fingerprint density at radius 3 is 2.44 bits per heavy atom. The van der Waals surface area contributed by atoms with Crippen molar-refractivity contribution in [2.75, 3.05) is 6.61 Å². The lowest BCUT2D eigenvalue weighted by atomic mass is 9.99. The van der Waals surface area contributed by atoms with E-state index in [9.17, 15) is 4.79 Å². The molecule has 0 aliphatic heterocycles. The molecule has 0 N–H and O–H groups in total. The Labute approximate surface area is 166 Å². The summed E-state index contributed by atoms with van der Waals surface area (Å²) in [4.78, 5) is 12.6. The molecule has 0 heterocycles. The predicted octanol–water partition coefficient (Wildman–Crippen LogP) is 6.73. The summed E-state index contributed by atoms with van der Waals surface area (Å²) in [6, 6.07) is 11.2. The third-order valence-electron chi connectivity index (χ3n) is 3.96. The van der Waals surface area contributed by atoms with Crippen molar-refractivity contribution in [3.05, 3.63) is 56.5 Å². The first kappa shape index (κ1) is 20.0. The molecule has 0 bridgehead atoms. The highest BCUT2D eigenvalue weighted by Crippen LogP contribution is 2.32. The first-order valence-electron chi connectivity index (χ1n) is 8.40. The number of carbonyl (C=O) groups excluding carboxylic acids is 1. The van der Waals surface area contributed by atoms with E-state index in [2.05, 4.69) is 45.7 Å². The number of halogens is 2. The zero-order chi connectivity index (χ0) is 18.4. The van der Waals surface area contributed by atoms with Crippen molar-refractivity contribution in [1.82, 2.24) is 0 Å². The molecule has 3 nitrogen and oxygen atoms in total. The second kappa shape index (κ2) is 9.39. The molecule has 0 aliphatic rings. The molecular formula is C20H22Br2O3. The van der Waals surface area contributed by atoms with Crippen LogP contribution in [0.25, 0.3) is 0 Å². The number of carbonyl (C=O) groups is 1. The van der Waals surface area contributed by atoms with E-state index in [1.165, 1.54) is 5.56 Å². The zero-order valence-corrected chi connectivity index (χ0v) is 17.8. The van der Waals surface area contributed by atoms with Gasteiger partial charge in [-0.25, -0.2) is 4.79 Å². The quantitative estimate of drug-likeness (QED) is 0.333. The van der Waals surface area contributed by atoms with Crippen LogP contribution in [0.15, 0.2) is 45.3 Å². The van der Waals surface area contributed by atoms with Crippen LogP contribution in [0.4, 0.5) is 0 Å². The molecule has 2 aromatic carbocycles. The summed E-state index contributed by atoms with van der Waals surface area (Å²) in [5.41, 5.74) is 1.62. The lowest BCUT2D eigenvalue weighted by Crippen LogP contribution is -2.12. The molecular weight excluding hydrogens is 448 g/mol. The summed E-state index contributed by atoms with van der Waals surface area (Å²) < 4.78 is 12.8. The Morgan fingerprint density at radius 1 is 1.08 bits per heavy atom. The van der Waals surface area contributed by atoms with E-state index in [4.69, 9.17) is 9.47 Å². The number of ether oxygens (including phenoxy) is 2. The van der Waals surface area contributed by atoms with Gasteiger partial charge in [-0.15, -0.1) is 0 Å². The van der Waals surface area contributed by atoms with Gasteiger partial charge >= 0.3 is 5.97 Å². The average Bonchev–Trinajstić information content (AvgIpc) is 2.61. The molecule has 0 spiro atoms. The van der Waals surface area contributed by atoms with Crippen LogP contribution in [0.3, 0.4) is 0 Å². The minimum atomic E-state index is -0.440. The molecule has 0 radical (unpaired) electrons. The molecule has 2 rings (SSSR count). The summed E-state index contributed by atoms with van der Waals surface area (Å²) in [5, 5.41) is 0. The van der Waals surface area contributed by atoms with Gasteiger partial charge in [0.15, 0.2) is 0 Å². The lowest BCUT2D eigenvalue weighted by Gasteiger charge is -2.14. The van der Waals surface area contributed by atoms with Crippen molar-refractivity contribution < 1.29 is 14.3 Å². The van der Waals surface area contributed by atoms with Gasteiger partial charge in [-0.2, -0.15) is 0 Å². The third-order valence-corrected chi connectivity index (χ3v) is 5.08. The van der Waals surface area contributed by atoms with E-state index in [1.54, 1.807) is 12.1 Å². The van der Waals surface area contributed by atoms with Gasteiger partial charge in [0.2, 0.25) is 0 Å². The monoisotopic (exact) mass is 468 g/mol. The Hall–Kier alpha value is -1.33. The van der Waals surface area contributed by atoms with Crippen LogP contribution in [-0.4, -0.2) is 12.6 Å². The molecule has 1 atom stereocenters. The molecule has 0 saturated heterocycles. The maximum Gasteiger partial charge on any atom is 0.347 e. The Balaban J connectivity index is 2.23. The van der Waals surface area contributed by atoms with Gasteiger partial charge in [-0.1, -0.05) is 42.8 Å². The number of benzene rings is 2. The number of esters is 1. The summed E-state index contributed by atoms with van der Waals surface area (Å²) >= 11 is 6.90. The van der Waals surface area contributed by atoms with E-state index >= 15 is 0 Å². The summed E-state index contributed by atoms with van der Waals surface area (Å²) in [6.07, 6.45) is 1.93. The SMILES string of the molecule is CCCOc1ccc(Br)cc1C(=O)Oc1ccc(C(C)CC)cc1Br. The molecule has 5 heteroatoms. The van der Waals surface area contributed by atoms with Crippen LogP contribution in [-0.2, 0) is 0 Å². The van der Waals surface area contributed by atoms with Gasteiger partial charge in [0.05, 0.1) is 11.1 Å². The van der Waals surface area contributed by atoms with Crippen molar-refractivity contribution in [2.24, 2.45) is 0 Å². The molecule has 134 valence electrons. The van der Waals surface area contributed by atoms with E-state index in [0.29, 0.717) is 29.6 Å². The second-order valence-corrected chi connectivity index (χ2v) is 7.65. The first-order chi connectivity index (χ1) is 12.0. The van der Waals surface area contributed by atoms with E-state index in [0.717, 1.165) is 21.8 Å². The van der Waals surface area contributed by atoms with Crippen LogP contribution in [0.5, 0.6) is 11.5 Å². The second-order valence-electron chi connectivity index (χ2n) is 5.88. The van der Waals surface area contributed by atoms with Gasteiger partial charge in [0.25, 0.3) is 0 Å². The van der Waals surface area contributed by atoms with Gasteiger partial charge in [0.1, 0.15) is 17.1 Å². The molecule has 0 fully saturated rings. The van der Waals surface area contributed by atoms with Crippen molar-refractivity contribution in [1.29, 1.82) is 0 Å². The molecule has 0 amide bonds. The topological polar surface area (TPSA) is 35.5 Å². The molecule has 0 aromatic heterocycles. The fraction of sp³-hybridized carbons (Fsp3) is 0.350. The van der Waals surface area contributed by atoms with Gasteiger partial charge < -0.3 is 9.47 Å². The standard InChI is InChI=1S/C20H22Br2O3/c1-4-10-24-18-9-7-15(21)12-16(18)20(23)25-19-8-6-14(11-17(19)22)13(3)5-2/h6-9,11-13H,4-5,10H2,1-3H3. The maximum absolute atomic E-state index is 12.6. The minimum Gasteiger partial charge on any atom is -0.493 e. The fourth-order valence-corrected chi connectivity index (χ4v) is 3.14. The van der Waals surface area contributed by atoms with Crippen molar-refractivity contribution in [3.63, 3.8) is 0 Å². The lowest BCUT2D eigenvalue weighted by molar-refractivity contribution is 0.0729. The minimum absolute atomic E-state index is 0.403. The normalized spacial score (nSPS) is 11.9. The maximum atomic E-state index is 12.6. The van der Waals surface area contributed by atoms with E-state index in [1.807, 2.05) is 31.2 Å². The van der Waals surface area contributed by atoms with Gasteiger partial charge in [-0.05, 0) is 70.6 Å². The Bertz CT molecular complexity index is 744.